The lowest BCUT2D eigenvalue weighted by Gasteiger charge is -2.41. The molecule has 5 heteroatoms. The predicted octanol–water partition coefficient (Wildman–Crippen LogP) is 6.93. The largest absolute Gasteiger partial charge is 0.457 e. The molecule has 31 heavy (non-hydrogen) atoms. The summed E-state index contributed by atoms with van der Waals surface area (Å²) >= 11 is 0. The maximum atomic E-state index is 12.8. The van der Waals surface area contributed by atoms with Crippen molar-refractivity contribution in [2.45, 2.75) is 99.5 Å². The van der Waals surface area contributed by atoms with E-state index >= 15 is 0 Å². The summed E-state index contributed by atoms with van der Waals surface area (Å²) in [5, 5.41) is 0. The lowest BCUT2D eigenvalue weighted by atomic mass is 9.68. The summed E-state index contributed by atoms with van der Waals surface area (Å²) in [6, 6.07) is 1.15. The van der Waals surface area contributed by atoms with Crippen molar-refractivity contribution in [1.29, 1.82) is 0 Å². The van der Waals surface area contributed by atoms with E-state index in [-0.39, 0.29) is 12.1 Å². The van der Waals surface area contributed by atoms with Gasteiger partial charge < -0.3 is 14.2 Å². The van der Waals surface area contributed by atoms with E-state index in [4.69, 9.17) is 14.2 Å². The lowest BCUT2D eigenvalue weighted by Crippen LogP contribution is -2.39. The van der Waals surface area contributed by atoms with Gasteiger partial charge in [-0.2, -0.15) is 0 Å². The Morgan fingerprint density at radius 1 is 1.10 bits per heavy atom. The zero-order valence-corrected chi connectivity index (χ0v) is 23.0. The molecule has 182 valence electrons. The van der Waals surface area contributed by atoms with Gasteiger partial charge in [-0.25, -0.2) is 0 Å². The summed E-state index contributed by atoms with van der Waals surface area (Å²) in [7, 11) is -1.07. The van der Waals surface area contributed by atoms with Crippen LogP contribution in [0.1, 0.15) is 67.7 Å². The van der Waals surface area contributed by atoms with E-state index in [2.05, 4.69) is 53.4 Å². The van der Waals surface area contributed by atoms with Gasteiger partial charge in [-0.1, -0.05) is 46.8 Å². The normalized spacial score (nSPS) is 24.4. The van der Waals surface area contributed by atoms with Crippen LogP contribution in [-0.2, 0) is 19.0 Å². The zero-order valence-electron chi connectivity index (χ0n) is 22.0. The Bertz CT molecular complexity index is 571. The van der Waals surface area contributed by atoms with Crippen LogP contribution in [0.4, 0.5) is 0 Å². The van der Waals surface area contributed by atoms with Crippen molar-refractivity contribution >= 4 is 14.0 Å². The maximum Gasteiger partial charge on any atom is 0.311 e. The molecule has 1 saturated carbocycles. The van der Waals surface area contributed by atoms with E-state index in [1.54, 1.807) is 0 Å². The molecule has 0 aromatic carbocycles. The van der Waals surface area contributed by atoms with E-state index in [9.17, 15) is 4.79 Å². The van der Waals surface area contributed by atoms with Crippen LogP contribution < -0.4 is 0 Å². The Morgan fingerprint density at radius 2 is 1.74 bits per heavy atom. The van der Waals surface area contributed by atoms with E-state index < -0.39 is 13.5 Å². The molecule has 0 saturated heterocycles. The smallest absolute Gasteiger partial charge is 0.311 e. The third-order valence-electron chi connectivity index (χ3n) is 6.29. The Morgan fingerprint density at radius 3 is 2.29 bits per heavy atom. The number of esters is 1. The van der Waals surface area contributed by atoms with E-state index in [1.165, 1.54) is 12.8 Å². The number of carbonyl (C=O) groups is 1. The molecule has 4 atom stereocenters. The van der Waals surface area contributed by atoms with Gasteiger partial charge in [-0.3, -0.25) is 4.79 Å². The molecule has 1 aliphatic carbocycles. The van der Waals surface area contributed by atoms with Gasteiger partial charge >= 0.3 is 5.97 Å². The molecule has 1 rings (SSSR count). The molecule has 1 aliphatic rings. The second-order valence-corrected chi connectivity index (χ2v) is 17.9. The average molecular weight is 455 g/mol. The number of hydrogen-bond acceptors (Lipinski definition) is 4. The summed E-state index contributed by atoms with van der Waals surface area (Å²) < 4.78 is 17.5. The average Bonchev–Trinajstić information content (AvgIpc) is 2.61. The molecule has 0 unspecified atom stereocenters. The van der Waals surface area contributed by atoms with Gasteiger partial charge in [0.2, 0.25) is 0 Å². The number of ether oxygens (including phenoxy) is 3. The van der Waals surface area contributed by atoms with Crippen LogP contribution in [0.3, 0.4) is 0 Å². The summed E-state index contributed by atoms with van der Waals surface area (Å²) in [5.41, 5.74) is 0.593. The molecular formula is C26H50O4Si. The minimum atomic E-state index is -1.07. The fourth-order valence-corrected chi connectivity index (χ4v) is 4.98. The van der Waals surface area contributed by atoms with Gasteiger partial charge in [0.1, 0.15) is 12.9 Å². The van der Waals surface area contributed by atoms with E-state index in [1.807, 2.05) is 20.8 Å². The first-order valence-corrected chi connectivity index (χ1v) is 15.9. The highest BCUT2D eigenvalue weighted by Gasteiger charge is 2.38. The summed E-state index contributed by atoms with van der Waals surface area (Å²) in [6.45, 7) is 23.4. The highest BCUT2D eigenvalue weighted by atomic mass is 28.3. The minimum absolute atomic E-state index is 0.127. The van der Waals surface area contributed by atoms with Crippen LogP contribution in [0.15, 0.2) is 11.6 Å². The summed E-state index contributed by atoms with van der Waals surface area (Å²) in [6.07, 6.45) is 5.53. The molecule has 0 bridgehead atoms. The Hall–Kier alpha value is -0.653. The van der Waals surface area contributed by atoms with Gasteiger partial charge in [0.15, 0.2) is 0 Å². The van der Waals surface area contributed by atoms with Crippen LogP contribution in [0, 0.1) is 29.1 Å². The third kappa shape index (κ3) is 11.2. The molecule has 0 aliphatic heterocycles. The first-order valence-electron chi connectivity index (χ1n) is 12.2. The third-order valence-corrected chi connectivity index (χ3v) is 8.00. The van der Waals surface area contributed by atoms with Crippen molar-refractivity contribution in [3.63, 3.8) is 0 Å². The predicted molar refractivity (Wildman–Crippen MR) is 133 cm³/mol. The molecular weight excluding hydrogens is 404 g/mol. The highest BCUT2D eigenvalue weighted by molar-refractivity contribution is 6.76. The second kappa shape index (κ2) is 12.6. The van der Waals surface area contributed by atoms with Gasteiger partial charge in [-0.15, -0.1) is 0 Å². The SMILES string of the molecule is C/C(=C\[C@@H](OC(=O)C(C)(C)C)[C@@H]1C[C@H](C)CC[C@H]1C(C)C)COCOCC[Si](C)(C)C. The molecule has 0 N–H and O–H groups in total. The van der Waals surface area contributed by atoms with Crippen molar-refractivity contribution in [3.05, 3.63) is 11.6 Å². The Balaban J connectivity index is 2.81. The molecule has 0 radical (unpaired) electrons. The molecule has 0 aromatic heterocycles. The molecule has 0 amide bonds. The van der Waals surface area contributed by atoms with Crippen LogP contribution in [0.5, 0.6) is 0 Å². The fraction of sp³-hybridized carbons (Fsp3) is 0.885. The topological polar surface area (TPSA) is 44.8 Å². The van der Waals surface area contributed by atoms with Crippen molar-refractivity contribution < 1.29 is 19.0 Å². The molecule has 0 aromatic rings. The monoisotopic (exact) mass is 454 g/mol. The molecule has 0 heterocycles. The first kappa shape index (κ1) is 28.4. The Kier molecular flexibility index (Phi) is 11.5. The number of rotatable bonds is 11. The van der Waals surface area contributed by atoms with Crippen molar-refractivity contribution in [2.75, 3.05) is 20.0 Å². The van der Waals surface area contributed by atoms with Crippen molar-refractivity contribution in [1.82, 2.24) is 0 Å². The van der Waals surface area contributed by atoms with Crippen LogP contribution >= 0.6 is 0 Å². The molecule has 0 spiro atoms. The number of carbonyl (C=O) groups excluding carboxylic acids is 1. The molecule has 4 nitrogen and oxygen atoms in total. The lowest BCUT2D eigenvalue weighted by molar-refractivity contribution is -0.161. The maximum absolute atomic E-state index is 12.8. The van der Waals surface area contributed by atoms with Crippen LogP contribution in [-0.4, -0.2) is 40.2 Å². The van der Waals surface area contributed by atoms with Gasteiger partial charge in [0.05, 0.1) is 12.0 Å². The van der Waals surface area contributed by atoms with Crippen molar-refractivity contribution in [3.8, 4) is 0 Å². The first-order chi connectivity index (χ1) is 14.2. The standard InChI is InChI=1S/C26H50O4Si/c1-19(2)22-12-11-20(3)15-23(22)24(30-25(27)26(5,6)7)16-21(4)17-29-18-28-13-14-31(8,9)10/h16,19-20,22-24H,11-15,17-18H2,1-10H3/b21-16+/t20-,22+,23-,24-/m1/s1. The van der Waals surface area contributed by atoms with Gasteiger partial charge in [0, 0.05) is 20.6 Å². The van der Waals surface area contributed by atoms with Crippen molar-refractivity contribution in [2.24, 2.45) is 29.1 Å². The highest BCUT2D eigenvalue weighted by Crippen LogP contribution is 2.41. The Labute approximate surface area is 193 Å². The second-order valence-electron chi connectivity index (χ2n) is 12.3. The van der Waals surface area contributed by atoms with E-state index in [0.29, 0.717) is 37.1 Å². The molecule has 1 fully saturated rings. The minimum Gasteiger partial charge on any atom is -0.457 e. The fourth-order valence-electron chi connectivity index (χ4n) is 4.23. The van der Waals surface area contributed by atoms with E-state index in [0.717, 1.165) is 24.6 Å². The summed E-state index contributed by atoms with van der Waals surface area (Å²) in [5.74, 6) is 2.05. The summed E-state index contributed by atoms with van der Waals surface area (Å²) in [4.78, 5) is 12.8. The van der Waals surface area contributed by atoms with Gasteiger partial charge in [0.25, 0.3) is 0 Å². The van der Waals surface area contributed by atoms with Gasteiger partial charge in [-0.05, 0) is 76.0 Å². The number of hydrogen-bond donors (Lipinski definition) is 0. The van der Waals surface area contributed by atoms with Crippen LogP contribution in [0.2, 0.25) is 25.7 Å². The quantitative estimate of drug-likeness (QED) is 0.112. The van der Waals surface area contributed by atoms with Crippen LogP contribution in [0.25, 0.3) is 0 Å². The zero-order chi connectivity index (χ0) is 23.8.